The summed E-state index contributed by atoms with van der Waals surface area (Å²) in [6.07, 6.45) is 3.27. The van der Waals surface area contributed by atoms with Crippen molar-refractivity contribution in [1.29, 1.82) is 5.26 Å². The van der Waals surface area contributed by atoms with E-state index in [2.05, 4.69) is 6.07 Å². The van der Waals surface area contributed by atoms with E-state index in [-0.39, 0.29) is 0 Å². The maximum absolute atomic E-state index is 10.3. The highest BCUT2D eigenvalue weighted by Crippen LogP contribution is 2.40. The first-order valence-electron chi connectivity index (χ1n) is 5.35. The van der Waals surface area contributed by atoms with Crippen molar-refractivity contribution in [1.82, 2.24) is 0 Å². The average Bonchev–Trinajstić information content (AvgIpc) is 3.01. The van der Waals surface area contributed by atoms with Gasteiger partial charge in [0.25, 0.3) is 0 Å². The van der Waals surface area contributed by atoms with Crippen molar-refractivity contribution in [3.05, 3.63) is 35.4 Å². The van der Waals surface area contributed by atoms with E-state index in [0.717, 1.165) is 12.0 Å². The lowest BCUT2D eigenvalue weighted by molar-refractivity contribution is 0.0417. The number of aliphatic hydroxyl groups is 1. The van der Waals surface area contributed by atoms with Gasteiger partial charge in [-0.3, -0.25) is 0 Å². The molecule has 15 heavy (non-hydrogen) atoms. The molecule has 0 aromatic heterocycles. The third-order valence-electron chi connectivity index (χ3n) is 3.00. The average molecular weight is 201 g/mol. The number of benzene rings is 1. The number of nitrogens with zero attached hydrogens (tertiary/aromatic N) is 1. The molecule has 0 aliphatic heterocycles. The molecule has 2 heteroatoms. The second-order valence-electron chi connectivity index (χ2n) is 4.61. The Bertz CT molecular complexity index is 399. The Labute approximate surface area is 90.2 Å². The van der Waals surface area contributed by atoms with Gasteiger partial charge in [-0.25, -0.2) is 0 Å². The molecule has 0 amide bonds. The molecule has 1 fully saturated rings. The summed E-state index contributed by atoms with van der Waals surface area (Å²) in [5.74, 6) is 0.672. The summed E-state index contributed by atoms with van der Waals surface area (Å²) in [7, 11) is 0. The summed E-state index contributed by atoms with van der Waals surface area (Å²) in [5, 5.41) is 19.1. The molecule has 1 atom stereocenters. The third kappa shape index (κ3) is 2.37. The van der Waals surface area contributed by atoms with E-state index in [9.17, 15) is 5.11 Å². The number of rotatable bonds is 3. The normalized spacial score (nSPS) is 19.3. The van der Waals surface area contributed by atoms with Crippen LogP contribution in [-0.4, -0.2) is 5.11 Å². The van der Waals surface area contributed by atoms with Crippen LogP contribution >= 0.6 is 0 Å². The van der Waals surface area contributed by atoms with E-state index in [4.69, 9.17) is 5.26 Å². The Hall–Kier alpha value is -1.33. The van der Waals surface area contributed by atoms with Gasteiger partial charge in [-0.05, 0) is 37.0 Å². The maximum atomic E-state index is 10.3. The fourth-order valence-corrected chi connectivity index (χ4v) is 1.93. The lowest BCUT2D eigenvalue weighted by atomic mass is 9.89. The highest BCUT2D eigenvalue weighted by molar-refractivity contribution is 5.35. The molecule has 2 rings (SSSR count). The highest BCUT2D eigenvalue weighted by atomic mass is 16.3. The zero-order chi connectivity index (χ0) is 10.9. The predicted octanol–water partition coefficient (Wildman–Crippen LogP) is 2.57. The van der Waals surface area contributed by atoms with Gasteiger partial charge in [-0.15, -0.1) is 0 Å². The minimum Gasteiger partial charge on any atom is -0.385 e. The van der Waals surface area contributed by atoms with Crippen LogP contribution in [0.4, 0.5) is 0 Å². The quantitative estimate of drug-likeness (QED) is 0.816. The van der Waals surface area contributed by atoms with Crippen molar-refractivity contribution < 1.29 is 5.11 Å². The van der Waals surface area contributed by atoms with Crippen LogP contribution in [0.3, 0.4) is 0 Å². The van der Waals surface area contributed by atoms with Gasteiger partial charge in [-0.1, -0.05) is 25.0 Å². The van der Waals surface area contributed by atoms with Gasteiger partial charge >= 0.3 is 0 Å². The first-order valence-corrected chi connectivity index (χ1v) is 5.35. The smallest absolute Gasteiger partial charge is 0.0991 e. The Balaban J connectivity index is 2.22. The second-order valence-corrected chi connectivity index (χ2v) is 4.61. The molecule has 1 aliphatic carbocycles. The fraction of sp³-hybridized carbons (Fsp3) is 0.462. The molecule has 0 bridgehead atoms. The molecule has 0 heterocycles. The Morgan fingerprint density at radius 3 is 2.87 bits per heavy atom. The first-order chi connectivity index (χ1) is 7.12. The van der Waals surface area contributed by atoms with Gasteiger partial charge in [0.15, 0.2) is 0 Å². The lowest BCUT2D eigenvalue weighted by Crippen LogP contribution is -2.21. The molecular formula is C13H15NO. The van der Waals surface area contributed by atoms with Crippen molar-refractivity contribution in [2.45, 2.75) is 31.8 Å². The fourth-order valence-electron chi connectivity index (χ4n) is 1.93. The van der Waals surface area contributed by atoms with Crippen molar-refractivity contribution in [2.75, 3.05) is 0 Å². The van der Waals surface area contributed by atoms with Gasteiger partial charge in [0.1, 0.15) is 0 Å². The third-order valence-corrected chi connectivity index (χ3v) is 3.00. The van der Waals surface area contributed by atoms with E-state index in [0.29, 0.717) is 11.5 Å². The minimum atomic E-state index is -0.784. The van der Waals surface area contributed by atoms with Crippen LogP contribution < -0.4 is 0 Å². The predicted molar refractivity (Wildman–Crippen MR) is 58.1 cm³/mol. The molecule has 1 N–H and O–H groups in total. The Kier molecular flexibility index (Phi) is 2.50. The van der Waals surface area contributed by atoms with Crippen LogP contribution in [0, 0.1) is 17.2 Å². The zero-order valence-electron chi connectivity index (χ0n) is 8.90. The zero-order valence-corrected chi connectivity index (χ0v) is 8.90. The molecule has 78 valence electrons. The summed E-state index contributed by atoms with van der Waals surface area (Å²) >= 11 is 0. The van der Waals surface area contributed by atoms with Crippen LogP contribution in [0.25, 0.3) is 0 Å². The van der Waals surface area contributed by atoms with Crippen LogP contribution in [0.1, 0.15) is 37.3 Å². The van der Waals surface area contributed by atoms with Gasteiger partial charge in [0, 0.05) is 0 Å². The van der Waals surface area contributed by atoms with E-state index >= 15 is 0 Å². The van der Waals surface area contributed by atoms with Crippen LogP contribution in [0.15, 0.2) is 24.3 Å². The van der Waals surface area contributed by atoms with Gasteiger partial charge in [-0.2, -0.15) is 5.26 Å². The van der Waals surface area contributed by atoms with E-state index in [1.54, 1.807) is 12.1 Å². The van der Waals surface area contributed by atoms with E-state index in [1.807, 2.05) is 19.1 Å². The maximum Gasteiger partial charge on any atom is 0.0991 e. The van der Waals surface area contributed by atoms with Crippen molar-refractivity contribution in [3.63, 3.8) is 0 Å². The van der Waals surface area contributed by atoms with E-state index < -0.39 is 5.60 Å². The molecule has 1 aromatic rings. The minimum absolute atomic E-state index is 0.614. The molecule has 2 nitrogen and oxygen atoms in total. The van der Waals surface area contributed by atoms with Gasteiger partial charge in [0.05, 0.1) is 17.2 Å². The molecule has 0 saturated heterocycles. The summed E-state index contributed by atoms with van der Waals surface area (Å²) in [6, 6.07) is 9.36. The van der Waals surface area contributed by atoms with Gasteiger partial charge < -0.3 is 5.11 Å². The van der Waals surface area contributed by atoms with Crippen LogP contribution in [0.2, 0.25) is 0 Å². The summed E-state index contributed by atoms with van der Waals surface area (Å²) in [4.78, 5) is 0. The summed E-state index contributed by atoms with van der Waals surface area (Å²) in [6.45, 7) is 1.84. The van der Waals surface area contributed by atoms with E-state index in [1.165, 1.54) is 12.8 Å². The van der Waals surface area contributed by atoms with Crippen LogP contribution in [0.5, 0.6) is 0 Å². The number of nitriles is 1. The molecule has 0 spiro atoms. The molecule has 1 aromatic carbocycles. The summed E-state index contributed by atoms with van der Waals surface area (Å²) in [5.41, 5.74) is 0.686. The van der Waals surface area contributed by atoms with Crippen LogP contribution in [-0.2, 0) is 5.60 Å². The lowest BCUT2D eigenvalue weighted by Gasteiger charge is -2.23. The number of hydrogen-bond donors (Lipinski definition) is 1. The Morgan fingerprint density at radius 2 is 2.27 bits per heavy atom. The molecule has 0 radical (unpaired) electrons. The molecule has 1 aliphatic rings. The topological polar surface area (TPSA) is 44.0 Å². The summed E-state index contributed by atoms with van der Waals surface area (Å²) < 4.78 is 0. The first kappa shape index (κ1) is 10.2. The SMILES string of the molecule is CC(O)(CC1CC1)c1cccc(C#N)c1. The highest BCUT2D eigenvalue weighted by Gasteiger charge is 2.32. The second kappa shape index (κ2) is 3.67. The van der Waals surface area contributed by atoms with Crippen molar-refractivity contribution >= 4 is 0 Å². The largest absolute Gasteiger partial charge is 0.385 e. The molecular weight excluding hydrogens is 186 g/mol. The van der Waals surface area contributed by atoms with Crippen molar-refractivity contribution in [3.8, 4) is 6.07 Å². The number of hydrogen-bond acceptors (Lipinski definition) is 2. The standard InChI is InChI=1S/C13H15NO/c1-13(15,8-10-5-6-10)12-4-2-3-11(7-12)9-14/h2-4,7,10,15H,5-6,8H2,1H3. The van der Waals surface area contributed by atoms with Crippen molar-refractivity contribution in [2.24, 2.45) is 5.92 Å². The molecule has 1 saturated carbocycles. The molecule has 1 unspecified atom stereocenters. The Morgan fingerprint density at radius 1 is 1.53 bits per heavy atom. The van der Waals surface area contributed by atoms with Gasteiger partial charge in [0.2, 0.25) is 0 Å². The monoisotopic (exact) mass is 201 g/mol.